The predicted octanol–water partition coefficient (Wildman–Crippen LogP) is 23.8. The molecule has 0 aliphatic carbocycles. The third-order valence-electron chi connectivity index (χ3n) is 11.8. The van der Waals surface area contributed by atoms with Crippen molar-refractivity contribution >= 4 is 158 Å². The Morgan fingerprint density at radius 3 is 0.640 bits per heavy atom. The van der Waals surface area contributed by atoms with Crippen molar-refractivity contribution in [3.63, 3.8) is 0 Å². The molecule has 89 heavy (non-hydrogen) atoms. The zero-order valence-electron chi connectivity index (χ0n) is 51.0. The first-order valence-electron chi connectivity index (χ1n) is 25.4. The molecule has 0 fully saturated rings. The van der Waals surface area contributed by atoms with Crippen molar-refractivity contribution in [1.82, 2.24) is 15.0 Å². The predicted molar refractivity (Wildman–Crippen MR) is 379 cm³/mol. The van der Waals surface area contributed by atoms with Gasteiger partial charge in [0.25, 0.3) is 0 Å². The van der Waals surface area contributed by atoms with Crippen LogP contribution >= 0.6 is 89.8 Å². The molecule has 0 unspecified atom stereocenters. The van der Waals surface area contributed by atoms with Crippen LogP contribution in [0, 0.1) is 43.6 Å². The van der Waals surface area contributed by atoms with E-state index in [0.717, 1.165) is 124 Å². The Kier molecular flexibility index (Phi) is 40.1. The molecule has 3 heterocycles. The number of rotatable bonds is 12. The van der Waals surface area contributed by atoms with Gasteiger partial charge in [-0.2, -0.15) is 0 Å². The fraction of sp³-hybridized carbons (Fsp3) is 0.116. The summed E-state index contributed by atoms with van der Waals surface area (Å²) in [6, 6.07) is 58.6. The molecule has 3 aromatic heterocycles. The summed E-state index contributed by atoms with van der Waals surface area (Å²) in [5.74, 6) is 0. The van der Waals surface area contributed by atoms with Gasteiger partial charge in [-0.05, 0) is 236 Å². The van der Waals surface area contributed by atoms with Crippen molar-refractivity contribution in [3.8, 4) is 0 Å². The van der Waals surface area contributed by atoms with Crippen LogP contribution in [-0.4, -0.2) is 49.2 Å². The Labute approximate surface area is 593 Å². The maximum atomic E-state index is 6.09. The number of hydrogen-bond donors (Lipinski definition) is 0. The van der Waals surface area contributed by atoms with Gasteiger partial charge >= 0.3 is 67.5 Å². The van der Waals surface area contributed by atoms with Gasteiger partial charge in [0.2, 0.25) is 0 Å². The van der Waals surface area contributed by atoms with E-state index < -0.39 is 0 Å². The van der Waals surface area contributed by atoms with Crippen LogP contribution < -0.4 is 0 Å². The van der Waals surface area contributed by atoms with E-state index in [4.69, 9.17) is 94.8 Å². The maximum absolute atomic E-state index is 6.09. The molecule has 9 nitrogen and oxygen atoms in total. The van der Waals surface area contributed by atoms with Crippen molar-refractivity contribution in [2.75, 3.05) is 0 Å². The van der Waals surface area contributed by atoms with Crippen molar-refractivity contribution < 1.29 is 47.3 Å². The van der Waals surface area contributed by atoms with E-state index >= 15 is 0 Å². The Bertz CT molecular complexity index is 3440. The molecule has 9 rings (SSSR count). The summed E-state index contributed by atoms with van der Waals surface area (Å²) in [7, 11) is 9.53. The van der Waals surface area contributed by atoms with Crippen molar-refractivity contribution in [2.45, 2.75) is 55.4 Å². The third-order valence-corrected chi connectivity index (χ3v) is 13.7. The van der Waals surface area contributed by atoms with E-state index in [1.807, 2.05) is 243 Å². The summed E-state index contributed by atoms with van der Waals surface area (Å²) < 4.78 is 0. The molecule has 0 bridgehead atoms. The summed E-state index contributed by atoms with van der Waals surface area (Å²) in [5, 5.41) is 4.24. The number of aryl methyl sites for hydroxylation is 2. The molecular formula is C69H67Cl8Fe3N9. The standard InChI is InChI=1S/C23H21Cl2N3.2C21H17Cl2N3.4CH3.2ClH.3Fe/c1-14-12-18(8-10-20(14)24)26-16(3)22-6-5-7-23(28-22)17(4)27-19-9-11-21(25)15(2)13-19;2*1-14(24-18-10-6-16(22)7-11-18)20-4-3-5-21(26-20)15(2)25-19-12-8-17(23)9-13-19;;;;;;;;;/h5-13H,1-4H3;2*3-13H,1-2H3;4*1H3;2*1H;;;/q;;;4*-1;;;3*+2/p-2. The average molecular weight is 1470 g/mol. The maximum Gasteiger partial charge on any atom is 2.00 e. The van der Waals surface area contributed by atoms with Gasteiger partial charge in [0.15, 0.2) is 0 Å². The van der Waals surface area contributed by atoms with E-state index in [-0.39, 0.29) is 77.0 Å². The summed E-state index contributed by atoms with van der Waals surface area (Å²) >= 11 is 36.0. The normalized spacial score (nSPS) is 11.3. The number of pyridine rings is 3. The van der Waals surface area contributed by atoms with Crippen LogP contribution in [0.1, 0.15) is 86.8 Å². The number of nitrogens with zero attached hydrogens (tertiary/aromatic N) is 9. The average Bonchev–Trinajstić information content (AvgIpc) is 3.69. The SMILES string of the molecule is CC(=Nc1ccc(Cl)c(C)c1)c1cccc(C(C)=Nc2ccc(Cl)c(C)c2)n1.CC(=Nc1ccc(Cl)cc1)c1cccc(C(C)=Nc2ccc(Cl)cc2)n1.CC(=Nc1ccc(Cl)cc1)c1cccc(C(C)=Nc2ccc(Cl)cc2)n1.[CH3-].[CH3-].[CH3-].[CH3-].[Cl][Fe][Cl].[Fe+2].[Fe+2]. The topological polar surface area (TPSA) is 113 Å². The molecule has 20 heteroatoms. The quantitative estimate of drug-likeness (QED) is 0.0690. The minimum atomic E-state index is 0. The molecule has 9 aromatic rings. The first-order valence-corrected chi connectivity index (χ1v) is 30.7. The van der Waals surface area contributed by atoms with E-state index in [2.05, 4.69) is 39.9 Å². The summed E-state index contributed by atoms with van der Waals surface area (Å²) in [4.78, 5) is 41.9. The smallest absolute Gasteiger partial charge is 2.00 e. The van der Waals surface area contributed by atoms with Crippen LogP contribution in [0.5, 0.6) is 0 Å². The fourth-order valence-corrected chi connectivity index (χ4v) is 8.22. The summed E-state index contributed by atoms with van der Waals surface area (Å²) in [5.41, 5.74) is 16.9. The van der Waals surface area contributed by atoms with Gasteiger partial charge in [-0.1, -0.05) is 87.8 Å². The van der Waals surface area contributed by atoms with Gasteiger partial charge in [-0.25, -0.2) is 15.0 Å². The molecule has 0 radical (unpaired) electrons. The van der Waals surface area contributed by atoms with Gasteiger partial charge in [-0.15, -0.1) is 0 Å². The van der Waals surface area contributed by atoms with Crippen LogP contribution in [0.3, 0.4) is 0 Å². The number of halogens is 8. The Morgan fingerprint density at radius 1 is 0.292 bits per heavy atom. The second-order valence-corrected chi connectivity index (χ2v) is 22.6. The molecule has 0 spiro atoms. The van der Waals surface area contributed by atoms with E-state index in [9.17, 15) is 0 Å². The minimum absolute atomic E-state index is 0. The molecule has 0 atom stereocenters. The van der Waals surface area contributed by atoms with Crippen molar-refractivity contribution in [1.29, 1.82) is 0 Å². The molecule has 0 N–H and O–H groups in total. The van der Waals surface area contributed by atoms with Crippen molar-refractivity contribution in [3.05, 3.63) is 293 Å². The third kappa shape index (κ3) is 28.0. The Hall–Kier alpha value is -5.33. The summed E-state index contributed by atoms with van der Waals surface area (Å²) in [6.07, 6.45) is 0. The van der Waals surface area contributed by atoms with Gasteiger partial charge in [0, 0.05) is 30.1 Å². The molecule has 0 aliphatic rings. The molecule has 468 valence electrons. The number of benzene rings is 6. The Morgan fingerprint density at radius 2 is 0.461 bits per heavy atom. The minimum Gasteiger partial charge on any atom is 2.00 e. The van der Waals surface area contributed by atoms with Crippen molar-refractivity contribution in [2.24, 2.45) is 30.0 Å². The first kappa shape index (κ1) is 83.7. The molecular weight excluding hydrogens is 1410 g/mol. The number of aromatic nitrogens is 3. The van der Waals surface area contributed by atoms with Crippen LogP contribution in [0.15, 0.2) is 218 Å². The van der Waals surface area contributed by atoms with Gasteiger partial charge in [0.05, 0.1) is 103 Å². The number of aliphatic imine (C=N–C) groups is 6. The first-order chi connectivity index (χ1) is 39.8. The van der Waals surface area contributed by atoms with E-state index in [1.54, 1.807) is 0 Å². The van der Waals surface area contributed by atoms with Crippen LogP contribution in [0.4, 0.5) is 34.1 Å². The van der Waals surface area contributed by atoms with Gasteiger partial charge in [-0.3, -0.25) is 30.0 Å². The van der Waals surface area contributed by atoms with E-state index in [1.165, 1.54) is 0 Å². The van der Waals surface area contributed by atoms with Gasteiger partial charge in [0.1, 0.15) is 0 Å². The van der Waals surface area contributed by atoms with E-state index in [0.29, 0.717) is 20.1 Å². The molecule has 0 amide bonds. The van der Waals surface area contributed by atoms with Crippen LogP contribution in [0.25, 0.3) is 0 Å². The second kappa shape index (κ2) is 42.7. The molecule has 0 saturated heterocycles. The monoisotopic (exact) mass is 1470 g/mol. The van der Waals surface area contributed by atoms with Gasteiger partial charge < -0.3 is 29.7 Å². The second-order valence-electron chi connectivity index (χ2n) is 18.2. The molecule has 0 aliphatic heterocycles. The van der Waals surface area contributed by atoms with Crippen LogP contribution in [-0.2, 0) is 47.3 Å². The zero-order valence-corrected chi connectivity index (χ0v) is 60.4. The van der Waals surface area contributed by atoms with Crippen LogP contribution in [0.2, 0.25) is 30.1 Å². The zero-order chi connectivity index (χ0) is 60.0. The fourth-order valence-electron chi connectivity index (χ4n) is 7.48. The Balaban J connectivity index is 0.00000124. The molecule has 0 saturated carbocycles. The summed E-state index contributed by atoms with van der Waals surface area (Å²) in [6.45, 7) is 15.6. The largest absolute Gasteiger partial charge is 2.00 e. The number of hydrogen-bond acceptors (Lipinski definition) is 9. The molecule has 6 aromatic carbocycles.